The van der Waals surface area contributed by atoms with Crippen LogP contribution in [0.5, 0.6) is 0 Å². The normalized spacial score (nSPS) is 26.8. The van der Waals surface area contributed by atoms with Gasteiger partial charge in [-0.1, -0.05) is 18.2 Å². The highest BCUT2D eigenvalue weighted by atomic mass is 19.1. The van der Waals surface area contributed by atoms with Gasteiger partial charge in [-0.25, -0.2) is 4.39 Å². The molecule has 1 aromatic carbocycles. The molecule has 3 fully saturated rings. The summed E-state index contributed by atoms with van der Waals surface area (Å²) in [5.41, 5.74) is 0.248. The topological polar surface area (TPSA) is 71.1 Å². The smallest absolute Gasteiger partial charge is 0.251 e. The fourth-order valence-corrected chi connectivity index (χ4v) is 5.00. The van der Waals surface area contributed by atoms with Crippen LogP contribution in [0.15, 0.2) is 24.3 Å². The molecule has 0 aliphatic carbocycles. The van der Waals surface area contributed by atoms with Crippen LogP contribution in [-0.2, 0) is 19.1 Å². The van der Waals surface area contributed by atoms with E-state index < -0.39 is 18.0 Å². The van der Waals surface area contributed by atoms with Crippen molar-refractivity contribution < 1.29 is 23.5 Å². The number of nitrogens with zero attached hydrogens (tertiary/aromatic N) is 2. The third kappa shape index (κ3) is 4.91. The average Bonchev–Trinajstić information content (AvgIpc) is 3.28. The second-order valence-corrected chi connectivity index (χ2v) is 9.02. The first kappa shape index (κ1) is 22.2. The van der Waals surface area contributed by atoms with Crippen LogP contribution in [0.3, 0.4) is 0 Å². The van der Waals surface area contributed by atoms with Crippen molar-refractivity contribution in [2.45, 2.75) is 37.8 Å². The van der Waals surface area contributed by atoms with Crippen molar-refractivity contribution in [3.63, 3.8) is 0 Å². The highest BCUT2D eigenvalue weighted by molar-refractivity contribution is 5.86. The monoisotopic (exact) mass is 433 g/mol. The Balaban J connectivity index is 1.48. The summed E-state index contributed by atoms with van der Waals surface area (Å²) in [6.45, 7) is 4.86. The third-order valence-corrected chi connectivity index (χ3v) is 6.91. The molecule has 1 N–H and O–H groups in total. The van der Waals surface area contributed by atoms with E-state index in [-0.39, 0.29) is 29.4 Å². The van der Waals surface area contributed by atoms with Crippen molar-refractivity contribution >= 4 is 11.8 Å². The summed E-state index contributed by atoms with van der Waals surface area (Å²) in [4.78, 5) is 29.4. The second-order valence-electron chi connectivity index (χ2n) is 9.02. The first-order valence-electron chi connectivity index (χ1n) is 11.2. The number of morpholine rings is 1. The molecule has 3 aliphatic heterocycles. The van der Waals surface area contributed by atoms with Crippen LogP contribution < -0.4 is 5.32 Å². The molecule has 8 heteroatoms. The molecule has 4 rings (SSSR count). The maximum atomic E-state index is 14.5. The Hall–Kier alpha value is -2.03. The van der Waals surface area contributed by atoms with E-state index in [4.69, 9.17) is 9.47 Å². The number of benzene rings is 1. The van der Waals surface area contributed by atoms with Crippen molar-refractivity contribution in [1.82, 2.24) is 15.1 Å². The number of nitrogens with one attached hydrogen (secondary N) is 1. The van der Waals surface area contributed by atoms with Gasteiger partial charge in [-0.2, -0.15) is 0 Å². The van der Waals surface area contributed by atoms with E-state index in [2.05, 4.69) is 10.2 Å². The Morgan fingerprint density at radius 1 is 1.23 bits per heavy atom. The van der Waals surface area contributed by atoms with Crippen LogP contribution >= 0.6 is 0 Å². The molecule has 0 aromatic heterocycles. The molecule has 3 aliphatic rings. The minimum Gasteiger partial charge on any atom is -0.381 e. The van der Waals surface area contributed by atoms with Gasteiger partial charge in [0.15, 0.2) is 6.10 Å². The van der Waals surface area contributed by atoms with Crippen molar-refractivity contribution in [2.75, 3.05) is 53.0 Å². The fourth-order valence-electron chi connectivity index (χ4n) is 5.00. The van der Waals surface area contributed by atoms with E-state index in [0.29, 0.717) is 19.8 Å². The maximum Gasteiger partial charge on any atom is 0.251 e. The molecular weight excluding hydrogens is 401 g/mol. The molecule has 0 spiro atoms. The number of hydrogen-bond donors (Lipinski definition) is 1. The molecule has 3 saturated heterocycles. The fraction of sp³-hybridized carbons (Fsp3) is 0.652. The number of likely N-dealkylation sites (tertiary alicyclic amines) is 1. The maximum absolute atomic E-state index is 14.5. The van der Waals surface area contributed by atoms with E-state index in [0.717, 1.165) is 32.5 Å². The molecule has 31 heavy (non-hydrogen) atoms. The zero-order chi connectivity index (χ0) is 21.8. The molecule has 2 amide bonds. The van der Waals surface area contributed by atoms with E-state index in [1.54, 1.807) is 25.2 Å². The number of carbonyl (C=O) groups is 2. The standard InChI is InChI=1S/C23H32FN3O4/c1-26-19(28)14-31-21(20(26)17-6-2-3-7-18(17)24)22(29)25-15-23(8-12-30-13-9-23)16-27-10-4-5-11-27/h2-3,6-7,20-21H,4-5,8-16H2,1H3,(H,25,29). The number of carbonyl (C=O) groups excluding carboxylic acids is 2. The van der Waals surface area contributed by atoms with E-state index >= 15 is 0 Å². The number of hydrogen-bond acceptors (Lipinski definition) is 5. The average molecular weight is 434 g/mol. The lowest BCUT2D eigenvalue weighted by Gasteiger charge is -2.42. The predicted molar refractivity (Wildman–Crippen MR) is 113 cm³/mol. The molecule has 1 aromatic rings. The quantitative estimate of drug-likeness (QED) is 0.740. The highest BCUT2D eigenvalue weighted by Crippen LogP contribution is 2.34. The second kappa shape index (κ2) is 9.63. The minimum absolute atomic E-state index is 0.0396. The van der Waals surface area contributed by atoms with Crippen LogP contribution in [0.25, 0.3) is 0 Å². The first-order valence-corrected chi connectivity index (χ1v) is 11.2. The van der Waals surface area contributed by atoms with Crippen LogP contribution in [0.4, 0.5) is 4.39 Å². The number of halogens is 1. The van der Waals surface area contributed by atoms with E-state index in [1.165, 1.54) is 23.8 Å². The van der Waals surface area contributed by atoms with Gasteiger partial charge in [-0.3, -0.25) is 9.59 Å². The molecule has 3 heterocycles. The Kier molecular flexibility index (Phi) is 6.89. The number of rotatable bonds is 6. The largest absolute Gasteiger partial charge is 0.381 e. The zero-order valence-corrected chi connectivity index (χ0v) is 18.1. The van der Waals surface area contributed by atoms with Crippen molar-refractivity contribution in [1.29, 1.82) is 0 Å². The highest BCUT2D eigenvalue weighted by Gasteiger charge is 2.42. The Morgan fingerprint density at radius 2 is 1.94 bits per heavy atom. The summed E-state index contributed by atoms with van der Waals surface area (Å²) in [6, 6.07) is 5.43. The molecule has 2 atom stereocenters. The van der Waals surface area contributed by atoms with E-state index in [1.807, 2.05) is 0 Å². The summed E-state index contributed by atoms with van der Waals surface area (Å²) in [5, 5.41) is 3.08. The molecule has 0 saturated carbocycles. The SMILES string of the molecule is CN1C(=O)COC(C(=O)NCC2(CN3CCCC3)CCOCC2)C1c1ccccc1F. The van der Waals surface area contributed by atoms with Crippen LogP contribution in [-0.4, -0.2) is 80.8 Å². The van der Waals surface area contributed by atoms with Gasteiger partial charge >= 0.3 is 0 Å². The molecule has 0 radical (unpaired) electrons. The number of ether oxygens (including phenoxy) is 2. The van der Waals surface area contributed by atoms with Crippen molar-refractivity contribution in [3.8, 4) is 0 Å². The molecule has 170 valence electrons. The van der Waals surface area contributed by atoms with Gasteiger partial charge in [0.05, 0.1) is 6.04 Å². The summed E-state index contributed by atoms with van der Waals surface area (Å²) < 4.78 is 25.8. The Labute approximate surface area is 182 Å². The first-order chi connectivity index (χ1) is 15.0. The predicted octanol–water partition coefficient (Wildman–Crippen LogP) is 1.73. The van der Waals surface area contributed by atoms with Crippen LogP contribution in [0.2, 0.25) is 0 Å². The molecular formula is C23H32FN3O4. The van der Waals surface area contributed by atoms with E-state index in [9.17, 15) is 14.0 Å². The number of amides is 2. The summed E-state index contributed by atoms with van der Waals surface area (Å²) >= 11 is 0. The van der Waals surface area contributed by atoms with Gasteiger partial charge in [-0.15, -0.1) is 0 Å². The number of likely N-dealkylation sites (N-methyl/N-ethyl adjacent to an activating group) is 1. The lowest BCUT2D eigenvalue weighted by Crippen LogP contribution is -2.55. The zero-order valence-electron chi connectivity index (χ0n) is 18.1. The summed E-state index contributed by atoms with van der Waals surface area (Å²) in [6.07, 6.45) is 3.27. The van der Waals surface area contributed by atoms with Crippen molar-refractivity contribution in [3.05, 3.63) is 35.6 Å². The molecule has 7 nitrogen and oxygen atoms in total. The van der Waals surface area contributed by atoms with Gasteiger partial charge in [-0.05, 0) is 44.8 Å². The Morgan fingerprint density at radius 3 is 2.65 bits per heavy atom. The Bertz CT molecular complexity index is 793. The van der Waals surface area contributed by atoms with Gasteiger partial charge in [0.1, 0.15) is 12.4 Å². The third-order valence-electron chi connectivity index (χ3n) is 6.91. The van der Waals surface area contributed by atoms with Crippen LogP contribution in [0, 0.1) is 11.2 Å². The van der Waals surface area contributed by atoms with Gasteiger partial charge in [0.25, 0.3) is 5.91 Å². The molecule has 2 unspecified atom stereocenters. The van der Waals surface area contributed by atoms with Gasteiger partial charge < -0.3 is 24.6 Å². The van der Waals surface area contributed by atoms with Crippen molar-refractivity contribution in [2.24, 2.45) is 5.41 Å². The minimum atomic E-state index is -0.955. The van der Waals surface area contributed by atoms with Gasteiger partial charge in [0, 0.05) is 44.3 Å². The lowest BCUT2D eigenvalue weighted by molar-refractivity contribution is -0.162. The summed E-state index contributed by atoms with van der Waals surface area (Å²) in [7, 11) is 1.59. The summed E-state index contributed by atoms with van der Waals surface area (Å²) in [5.74, 6) is -1.03. The lowest BCUT2D eigenvalue weighted by atomic mass is 9.79. The van der Waals surface area contributed by atoms with Crippen LogP contribution in [0.1, 0.15) is 37.3 Å². The molecule has 0 bridgehead atoms. The van der Waals surface area contributed by atoms with Gasteiger partial charge in [0.2, 0.25) is 5.91 Å².